The van der Waals surface area contributed by atoms with Crippen molar-refractivity contribution >= 4 is 11.6 Å². The van der Waals surface area contributed by atoms with Crippen LogP contribution in [0.3, 0.4) is 0 Å². The number of carbonyl (C=O) groups excluding carboxylic acids is 1. The van der Waals surface area contributed by atoms with Crippen LogP contribution in [-0.2, 0) is 4.79 Å². The summed E-state index contributed by atoms with van der Waals surface area (Å²) in [5, 5.41) is 3.16. The molecule has 0 bridgehead atoms. The summed E-state index contributed by atoms with van der Waals surface area (Å²) in [6.07, 6.45) is 0.560. The summed E-state index contributed by atoms with van der Waals surface area (Å²) in [6.45, 7) is 6.76. The maximum Gasteiger partial charge on any atom is 0.223 e. The Hall–Kier alpha value is -1.62. The first-order valence-corrected chi connectivity index (χ1v) is 7.19. The molecule has 1 aromatic rings. The molecule has 0 spiro atoms. The van der Waals surface area contributed by atoms with Crippen LogP contribution in [-0.4, -0.2) is 50.1 Å². The van der Waals surface area contributed by atoms with E-state index >= 15 is 0 Å². The van der Waals surface area contributed by atoms with Gasteiger partial charge in [-0.3, -0.25) is 4.79 Å². The van der Waals surface area contributed by atoms with Gasteiger partial charge in [-0.25, -0.2) is 4.39 Å². The Bertz CT molecular complexity index is 427. The lowest BCUT2D eigenvalue weighted by atomic mass is 10.2. The van der Waals surface area contributed by atoms with Crippen molar-refractivity contribution in [3.05, 3.63) is 30.1 Å². The highest BCUT2D eigenvalue weighted by Gasteiger charge is 2.20. The summed E-state index contributed by atoms with van der Waals surface area (Å²) in [7, 11) is 0. The lowest BCUT2D eigenvalue weighted by molar-refractivity contribution is -0.131. The van der Waals surface area contributed by atoms with Crippen LogP contribution in [0.2, 0.25) is 0 Å². The SMILES string of the molecule is CCNCCC(=O)N1CCN(c2ccc(F)cc2)CC1. The van der Waals surface area contributed by atoms with Gasteiger partial charge in [0.2, 0.25) is 5.91 Å². The minimum absolute atomic E-state index is 0.213. The van der Waals surface area contributed by atoms with Crippen molar-refractivity contribution in [1.82, 2.24) is 10.2 Å². The van der Waals surface area contributed by atoms with Crippen molar-refractivity contribution in [2.45, 2.75) is 13.3 Å². The molecule has 4 nitrogen and oxygen atoms in total. The number of piperazine rings is 1. The van der Waals surface area contributed by atoms with Gasteiger partial charge in [-0.15, -0.1) is 0 Å². The number of amides is 1. The molecule has 0 atom stereocenters. The van der Waals surface area contributed by atoms with E-state index in [-0.39, 0.29) is 11.7 Å². The van der Waals surface area contributed by atoms with Gasteiger partial charge in [0, 0.05) is 44.8 Å². The van der Waals surface area contributed by atoms with Gasteiger partial charge in [-0.1, -0.05) is 6.92 Å². The van der Waals surface area contributed by atoms with Crippen LogP contribution >= 0.6 is 0 Å². The van der Waals surface area contributed by atoms with Crippen molar-refractivity contribution < 1.29 is 9.18 Å². The molecule has 20 heavy (non-hydrogen) atoms. The minimum Gasteiger partial charge on any atom is -0.368 e. The normalized spacial score (nSPS) is 15.5. The number of rotatable bonds is 5. The average Bonchev–Trinajstić information content (AvgIpc) is 2.48. The number of halogens is 1. The second kappa shape index (κ2) is 7.24. The number of anilines is 1. The number of nitrogens with one attached hydrogen (secondary N) is 1. The number of benzene rings is 1. The molecule has 110 valence electrons. The van der Waals surface area contributed by atoms with Crippen molar-refractivity contribution in [2.24, 2.45) is 0 Å². The van der Waals surface area contributed by atoms with E-state index in [0.717, 1.165) is 45.0 Å². The molecule has 2 rings (SSSR count). The Morgan fingerprint density at radius 1 is 1.20 bits per heavy atom. The number of hydrogen-bond donors (Lipinski definition) is 1. The van der Waals surface area contributed by atoms with Crippen LogP contribution in [0.4, 0.5) is 10.1 Å². The minimum atomic E-state index is -0.217. The first-order valence-electron chi connectivity index (χ1n) is 7.19. The fourth-order valence-electron chi connectivity index (χ4n) is 2.40. The van der Waals surface area contributed by atoms with Crippen molar-refractivity contribution in [2.75, 3.05) is 44.2 Å². The maximum atomic E-state index is 12.9. The molecule has 1 aliphatic rings. The molecule has 1 fully saturated rings. The van der Waals surface area contributed by atoms with E-state index in [4.69, 9.17) is 0 Å². The quantitative estimate of drug-likeness (QED) is 0.829. The molecule has 1 aromatic carbocycles. The van der Waals surface area contributed by atoms with Gasteiger partial charge in [0.1, 0.15) is 5.82 Å². The van der Waals surface area contributed by atoms with E-state index in [1.54, 1.807) is 12.1 Å². The molecule has 1 N–H and O–H groups in total. The van der Waals surface area contributed by atoms with Gasteiger partial charge in [0.15, 0.2) is 0 Å². The molecule has 0 saturated carbocycles. The molecule has 1 saturated heterocycles. The monoisotopic (exact) mass is 279 g/mol. The molecule has 0 aromatic heterocycles. The van der Waals surface area contributed by atoms with E-state index < -0.39 is 0 Å². The van der Waals surface area contributed by atoms with Gasteiger partial charge in [0.05, 0.1) is 0 Å². The zero-order valence-corrected chi connectivity index (χ0v) is 11.9. The third kappa shape index (κ3) is 3.93. The fourth-order valence-corrected chi connectivity index (χ4v) is 2.40. The first kappa shape index (κ1) is 14.8. The van der Waals surface area contributed by atoms with Gasteiger partial charge in [-0.05, 0) is 30.8 Å². The highest BCUT2D eigenvalue weighted by molar-refractivity contribution is 5.76. The van der Waals surface area contributed by atoms with Gasteiger partial charge in [-0.2, -0.15) is 0 Å². The summed E-state index contributed by atoms with van der Waals surface area (Å²) < 4.78 is 12.9. The predicted molar refractivity (Wildman–Crippen MR) is 78.4 cm³/mol. The Kier molecular flexibility index (Phi) is 5.35. The zero-order valence-electron chi connectivity index (χ0n) is 11.9. The second-order valence-electron chi connectivity index (χ2n) is 4.95. The Balaban J connectivity index is 1.80. The molecule has 0 aliphatic carbocycles. The van der Waals surface area contributed by atoms with Crippen molar-refractivity contribution in [3.8, 4) is 0 Å². The highest BCUT2D eigenvalue weighted by atomic mass is 19.1. The molecular weight excluding hydrogens is 257 g/mol. The summed E-state index contributed by atoms with van der Waals surface area (Å²) >= 11 is 0. The van der Waals surface area contributed by atoms with Crippen LogP contribution in [0, 0.1) is 5.82 Å². The standard InChI is InChI=1S/C15H22FN3O/c1-2-17-8-7-15(20)19-11-9-18(10-12-19)14-5-3-13(16)4-6-14/h3-6,17H,2,7-12H2,1H3. The molecule has 1 heterocycles. The van der Waals surface area contributed by atoms with Crippen LogP contribution in [0.25, 0.3) is 0 Å². The third-order valence-electron chi connectivity index (χ3n) is 3.59. The second-order valence-corrected chi connectivity index (χ2v) is 4.95. The molecule has 0 radical (unpaired) electrons. The lowest BCUT2D eigenvalue weighted by Gasteiger charge is -2.36. The smallest absolute Gasteiger partial charge is 0.223 e. The van der Waals surface area contributed by atoms with E-state index in [1.165, 1.54) is 12.1 Å². The average molecular weight is 279 g/mol. The predicted octanol–water partition coefficient (Wildman–Crippen LogP) is 1.47. The lowest BCUT2D eigenvalue weighted by Crippen LogP contribution is -2.49. The number of hydrogen-bond acceptors (Lipinski definition) is 3. The van der Waals surface area contributed by atoms with Crippen LogP contribution < -0.4 is 10.2 Å². The zero-order chi connectivity index (χ0) is 14.4. The van der Waals surface area contributed by atoms with Crippen LogP contribution in [0.1, 0.15) is 13.3 Å². The van der Waals surface area contributed by atoms with Gasteiger partial charge >= 0.3 is 0 Å². The molecule has 0 unspecified atom stereocenters. The first-order chi connectivity index (χ1) is 9.70. The Labute approximate surface area is 119 Å². The summed E-state index contributed by atoms with van der Waals surface area (Å²) in [5.41, 5.74) is 1.02. The fraction of sp³-hybridized carbons (Fsp3) is 0.533. The van der Waals surface area contributed by atoms with Gasteiger partial charge < -0.3 is 15.1 Å². The van der Waals surface area contributed by atoms with Crippen molar-refractivity contribution in [3.63, 3.8) is 0 Å². The topological polar surface area (TPSA) is 35.6 Å². The third-order valence-corrected chi connectivity index (χ3v) is 3.59. The molecule has 1 amide bonds. The van der Waals surface area contributed by atoms with Crippen LogP contribution in [0.5, 0.6) is 0 Å². The Morgan fingerprint density at radius 3 is 2.45 bits per heavy atom. The molecule has 5 heteroatoms. The Morgan fingerprint density at radius 2 is 1.85 bits per heavy atom. The number of carbonyl (C=O) groups is 1. The largest absolute Gasteiger partial charge is 0.368 e. The van der Waals surface area contributed by atoms with E-state index in [9.17, 15) is 9.18 Å². The summed E-state index contributed by atoms with van der Waals surface area (Å²) in [4.78, 5) is 16.1. The van der Waals surface area contributed by atoms with E-state index in [0.29, 0.717) is 6.42 Å². The van der Waals surface area contributed by atoms with E-state index in [2.05, 4.69) is 10.2 Å². The van der Waals surface area contributed by atoms with E-state index in [1.807, 2.05) is 11.8 Å². The summed E-state index contributed by atoms with van der Waals surface area (Å²) in [6, 6.07) is 6.53. The van der Waals surface area contributed by atoms with Crippen LogP contribution in [0.15, 0.2) is 24.3 Å². The molecule has 1 aliphatic heterocycles. The number of nitrogens with zero attached hydrogens (tertiary/aromatic N) is 2. The summed E-state index contributed by atoms with van der Waals surface area (Å²) in [5.74, 6) is -0.00399. The molecular formula is C15H22FN3O. The van der Waals surface area contributed by atoms with Crippen molar-refractivity contribution in [1.29, 1.82) is 0 Å². The van der Waals surface area contributed by atoms with Gasteiger partial charge in [0.25, 0.3) is 0 Å². The maximum absolute atomic E-state index is 12.9. The highest BCUT2D eigenvalue weighted by Crippen LogP contribution is 2.17.